The highest BCUT2D eigenvalue weighted by Crippen LogP contribution is 2.25. The zero-order chi connectivity index (χ0) is 18.9. The maximum absolute atomic E-state index is 12.1. The number of aryl methyl sites for hydroxylation is 1. The number of rotatable bonds is 7. The average Bonchev–Trinajstić information content (AvgIpc) is 2.63. The van der Waals surface area contributed by atoms with E-state index in [1.165, 1.54) is 5.56 Å². The van der Waals surface area contributed by atoms with Crippen LogP contribution in [-0.2, 0) is 4.79 Å². The number of carbonyl (C=O) groups excluding carboxylic acids is 1. The lowest BCUT2D eigenvalue weighted by atomic mass is 10.0. The third-order valence-electron chi connectivity index (χ3n) is 3.98. The lowest BCUT2D eigenvalue weighted by molar-refractivity contribution is -0.127. The van der Waals surface area contributed by atoms with Crippen molar-refractivity contribution >= 4 is 18.2 Å². The zero-order valence-corrected chi connectivity index (χ0v) is 15.8. The molecular formula is C22H26N2O2. The van der Waals surface area contributed by atoms with E-state index in [2.05, 4.69) is 30.4 Å². The number of allylic oxidation sites excluding steroid dienone is 1. The van der Waals surface area contributed by atoms with Gasteiger partial charge < -0.3 is 4.74 Å². The molecule has 0 aromatic heterocycles. The number of nitrogens with zero attached hydrogens (tertiary/aromatic N) is 1. The molecule has 4 nitrogen and oxygen atoms in total. The minimum Gasteiger partial charge on any atom is -0.481 e. The number of amides is 1. The molecule has 2 rings (SSSR count). The van der Waals surface area contributed by atoms with Gasteiger partial charge in [0, 0.05) is 6.21 Å². The van der Waals surface area contributed by atoms with Crippen LogP contribution in [0.4, 0.5) is 0 Å². The Kier molecular flexibility index (Phi) is 7.15. The first-order valence-corrected chi connectivity index (χ1v) is 8.79. The van der Waals surface area contributed by atoms with E-state index >= 15 is 0 Å². The van der Waals surface area contributed by atoms with Gasteiger partial charge in [0.2, 0.25) is 0 Å². The predicted octanol–water partition coefficient (Wildman–Crippen LogP) is 4.70. The summed E-state index contributed by atoms with van der Waals surface area (Å²) in [6, 6.07) is 16.0. The summed E-state index contributed by atoms with van der Waals surface area (Å²) in [5, 5.41) is 3.93. The Morgan fingerprint density at radius 1 is 1.12 bits per heavy atom. The molecule has 0 aliphatic rings. The lowest BCUT2D eigenvalue weighted by Gasteiger charge is -2.16. The van der Waals surface area contributed by atoms with Crippen LogP contribution >= 0.6 is 0 Å². The summed E-state index contributed by atoms with van der Waals surface area (Å²) >= 11 is 0. The minimum atomic E-state index is -0.633. The molecule has 2 aromatic carbocycles. The normalized spacial score (nSPS) is 12.7. The molecule has 0 radical (unpaired) electrons. The molecular weight excluding hydrogens is 324 g/mol. The molecule has 0 heterocycles. The molecule has 0 fully saturated rings. The van der Waals surface area contributed by atoms with Crippen LogP contribution in [0.5, 0.6) is 5.75 Å². The fourth-order valence-corrected chi connectivity index (χ4v) is 2.30. The van der Waals surface area contributed by atoms with Crippen LogP contribution in [0.1, 0.15) is 43.4 Å². The van der Waals surface area contributed by atoms with Crippen molar-refractivity contribution in [2.45, 2.75) is 39.7 Å². The second kappa shape index (κ2) is 9.56. The molecule has 0 saturated heterocycles. The number of carbonyl (C=O) groups is 1. The Hall–Kier alpha value is -2.88. The fraction of sp³-hybridized carbons (Fsp3) is 0.273. The number of hydrazone groups is 1. The summed E-state index contributed by atoms with van der Waals surface area (Å²) in [6.07, 6.45) is 4.60. The Labute approximate surface area is 155 Å². The van der Waals surface area contributed by atoms with Crippen LogP contribution in [0.15, 0.2) is 59.7 Å². The van der Waals surface area contributed by atoms with Gasteiger partial charge in [-0.25, -0.2) is 5.43 Å². The van der Waals surface area contributed by atoms with Crippen LogP contribution < -0.4 is 10.2 Å². The molecule has 26 heavy (non-hydrogen) atoms. The van der Waals surface area contributed by atoms with Crippen molar-refractivity contribution in [3.63, 3.8) is 0 Å². The summed E-state index contributed by atoms with van der Waals surface area (Å²) < 4.78 is 5.82. The highest BCUT2D eigenvalue weighted by atomic mass is 16.5. The quantitative estimate of drug-likeness (QED) is 0.581. The van der Waals surface area contributed by atoms with Crippen molar-refractivity contribution < 1.29 is 9.53 Å². The molecule has 0 saturated carbocycles. The molecule has 1 unspecified atom stereocenters. The molecule has 0 aliphatic carbocycles. The lowest BCUT2D eigenvalue weighted by Crippen LogP contribution is -2.33. The molecule has 1 atom stereocenters. The molecule has 0 bridgehead atoms. The number of ether oxygens (including phenoxy) is 1. The summed E-state index contributed by atoms with van der Waals surface area (Å²) in [7, 11) is 0. The standard InChI is InChI=1S/C22H26N2O2/c1-16(2)20-13-12-17(3)21(15-20)26-18(4)22(25)24-23-14-8-11-19-9-6-5-7-10-19/h5-16,18H,1-4H3,(H,24,25)/b11-8-,23-14+. The average molecular weight is 350 g/mol. The highest BCUT2D eigenvalue weighted by molar-refractivity contribution is 5.83. The Balaban J connectivity index is 1.88. The van der Waals surface area contributed by atoms with Gasteiger partial charge in [0.1, 0.15) is 5.75 Å². The van der Waals surface area contributed by atoms with E-state index in [0.29, 0.717) is 5.92 Å². The number of hydrogen-bond acceptors (Lipinski definition) is 3. The second-order valence-corrected chi connectivity index (χ2v) is 6.46. The van der Waals surface area contributed by atoms with Crippen molar-refractivity contribution in [3.05, 3.63) is 71.3 Å². The number of hydrogen-bond donors (Lipinski definition) is 1. The van der Waals surface area contributed by atoms with E-state index in [4.69, 9.17) is 4.74 Å². The highest BCUT2D eigenvalue weighted by Gasteiger charge is 2.15. The third kappa shape index (κ3) is 5.88. The first kappa shape index (κ1) is 19.4. The third-order valence-corrected chi connectivity index (χ3v) is 3.98. The van der Waals surface area contributed by atoms with Gasteiger partial charge in [0.25, 0.3) is 5.91 Å². The van der Waals surface area contributed by atoms with Crippen molar-refractivity contribution in [2.75, 3.05) is 0 Å². The Bertz CT molecular complexity index is 780. The smallest absolute Gasteiger partial charge is 0.280 e. The van der Waals surface area contributed by atoms with E-state index in [9.17, 15) is 4.79 Å². The van der Waals surface area contributed by atoms with Gasteiger partial charge in [-0.3, -0.25) is 4.79 Å². The number of benzene rings is 2. The van der Waals surface area contributed by atoms with Gasteiger partial charge >= 0.3 is 0 Å². The monoisotopic (exact) mass is 350 g/mol. The maximum Gasteiger partial charge on any atom is 0.280 e. The molecule has 1 N–H and O–H groups in total. The SMILES string of the molecule is Cc1ccc(C(C)C)cc1OC(C)C(=O)N/N=C/C=C\c1ccccc1. The first-order chi connectivity index (χ1) is 12.5. The fourth-order valence-electron chi connectivity index (χ4n) is 2.30. The van der Waals surface area contributed by atoms with Crippen LogP contribution in [0, 0.1) is 6.92 Å². The molecule has 2 aromatic rings. The van der Waals surface area contributed by atoms with E-state index < -0.39 is 6.10 Å². The van der Waals surface area contributed by atoms with E-state index in [-0.39, 0.29) is 5.91 Å². The van der Waals surface area contributed by atoms with Crippen molar-refractivity contribution in [1.82, 2.24) is 5.43 Å². The van der Waals surface area contributed by atoms with Gasteiger partial charge in [-0.15, -0.1) is 0 Å². The second-order valence-electron chi connectivity index (χ2n) is 6.46. The number of nitrogens with one attached hydrogen (secondary N) is 1. The molecule has 0 aliphatic heterocycles. The molecule has 0 spiro atoms. The van der Waals surface area contributed by atoms with Gasteiger partial charge in [0.15, 0.2) is 6.10 Å². The van der Waals surface area contributed by atoms with Gasteiger partial charge in [-0.05, 0) is 48.6 Å². The molecule has 1 amide bonds. The van der Waals surface area contributed by atoms with Crippen molar-refractivity contribution in [3.8, 4) is 5.75 Å². The molecule has 136 valence electrons. The summed E-state index contributed by atoms with van der Waals surface area (Å²) in [5.74, 6) is 0.846. The maximum atomic E-state index is 12.1. The summed E-state index contributed by atoms with van der Waals surface area (Å²) in [6.45, 7) is 7.94. The molecule has 4 heteroatoms. The summed E-state index contributed by atoms with van der Waals surface area (Å²) in [4.78, 5) is 12.1. The topological polar surface area (TPSA) is 50.7 Å². The van der Waals surface area contributed by atoms with Crippen LogP contribution in [0.3, 0.4) is 0 Å². The summed E-state index contributed by atoms with van der Waals surface area (Å²) in [5.41, 5.74) is 5.76. The minimum absolute atomic E-state index is 0.288. The first-order valence-electron chi connectivity index (χ1n) is 8.79. The van der Waals surface area contributed by atoms with Gasteiger partial charge in [-0.2, -0.15) is 5.10 Å². The van der Waals surface area contributed by atoms with Gasteiger partial charge in [0.05, 0.1) is 0 Å². The van der Waals surface area contributed by atoms with Crippen LogP contribution in [0.25, 0.3) is 6.08 Å². The Morgan fingerprint density at radius 3 is 2.54 bits per heavy atom. The van der Waals surface area contributed by atoms with Crippen molar-refractivity contribution in [2.24, 2.45) is 5.10 Å². The Morgan fingerprint density at radius 2 is 1.85 bits per heavy atom. The predicted molar refractivity (Wildman–Crippen MR) is 107 cm³/mol. The van der Waals surface area contributed by atoms with E-state index in [1.807, 2.05) is 55.5 Å². The van der Waals surface area contributed by atoms with E-state index in [0.717, 1.165) is 16.9 Å². The zero-order valence-electron chi connectivity index (χ0n) is 15.8. The largest absolute Gasteiger partial charge is 0.481 e. The van der Waals surface area contributed by atoms with Crippen LogP contribution in [0.2, 0.25) is 0 Å². The van der Waals surface area contributed by atoms with Crippen molar-refractivity contribution in [1.29, 1.82) is 0 Å². The van der Waals surface area contributed by atoms with Gasteiger partial charge in [-0.1, -0.05) is 62.4 Å². The van der Waals surface area contributed by atoms with E-state index in [1.54, 1.807) is 19.2 Å². The van der Waals surface area contributed by atoms with Crippen LogP contribution in [-0.4, -0.2) is 18.2 Å².